The highest BCUT2D eigenvalue weighted by molar-refractivity contribution is 9.10. The predicted octanol–water partition coefficient (Wildman–Crippen LogP) is 5.24. The third-order valence-electron chi connectivity index (χ3n) is 4.12. The van der Waals surface area contributed by atoms with Crippen molar-refractivity contribution in [3.05, 3.63) is 87.9 Å². The van der Waals surface area contributed by atoms with E-state index in [1.54, 1.807) is 60.7 Å². The summed E-state index contributed by atoms with van der Waals surface area (Å²) < 4.78 is 28.5. The van der Waals surface area contributed by atoms with Gasteiger partial charge in [0.1, 0.15) is 6.54 Å². The highest BCUT2D eigenvalue weighted by Gasteiger charge is 2.27. The quantitative estimate of drug-likeness (QED) is 0.510. The SMILES string of the molecule is Cc1ccc(S(=O)(=O)N(CC(=O)Nc2cccc(Cl)c2)c2ccc(Br)cc2)cc1. The highest BCUT2D eigenvalue weighted by Crippen LogP contribution is 2.26. The summed E-state index contributed by atoms with van der Waals surface area (Å²) in [7, 11) is -3.95. The molecule has 0 unspecified atom stereocenters. The van der Waals surface area contributed by atoms with E-state index in [0.29, 0.717) is 16.4 Å². The average molecular weight is 494 g/mol. The first-order chi connectivity index (χ1) is 13.8. The summed E-state index contributed by atoms with van der Waals surface area (Å²) in [4.78, 5) is 12.7. The fourth-order valence-electron chi connectivity index (χ4n) is 2.66. The largest absolute Gasteiger partial charge is 0.324 e. The molecule has 0 saturated carbocycles. The Balaban J connectivity index is 1.93. The van der Waals surface area contributed by atoms with E-state index >= 15 is 0 Å². The van der Waals surface area contributed by atoms with Gasteiger partial charge in [-0.05, 0) is 61.5 Å². The van der Waals surface area contributed by atoms with Crippen LogP contribution in [0.25, 0.3) is 0 Å². The molecule has 0 aliphatic heterocycles. The molecule has 0 saturated heterocycles. The summed E-state index contributed by atoms with van der Waals surface area (Å²) in [6.45, 7) is 1.49. The molecule has 0 aromatic heterocycles. The number of sulfonamides is 1. The zero-order valence-electron chi connectivity index (χ0n) is 15.5. The molecule has 0 heterocycles. The first-order valence-corrected chi connectivity index (χ1v) is 11.3. The minimum Gasteiger partial charge on any atom is -0.324 e. The number of aryl methyl sites for hydroxylation is 1. The lowest BCUT2D eigenvalue weighted by atomic mass is 10.2. The van der Waals surface area contributed by atoms with Crippen LogP contribution in [-0.2, 0) is 14.8 Å². The maximum atomic E-state index is 13.3. The van der Waals surface area contributed by atoms with Crippen molar-refractivity contribution in [3.8, 4) is 0 Å². The molecule has 0 radical (unpaired) electrons. The number of amides is 1. The second-order valence-corrected chi connectivity index (χ2v) is 9.57. The average Bonchev–Trinajstić information content (AvgIpc) is 2.67. The number of hydrogen-bond donors (Lipinski definition) is 1. The number of hydrogen-bond acceptors (Lipinski definition) is 3. The van der Waals surface area contributed by atoms with E-state index in [1.807, 2.05) is 6.92 Å². The summed E-state index contributed by atoms with van der Waals surface area (Å²) in [5.41, 5.74) is 1.82. The standard InChI is InChI=1S/C21H18BrClN2O3S/c1-15-5-11-20(12-6-15)29(27,28)25(19-9-7-16(22)8-10-19)14-21(26)24-18-4-2-3-17(23)13-18/h2-13H,14H2,1H3,(H,24,26). The zero-order valence-corrected chi connectivity index (χ0v) is 18.6. The molecule has 29 heavy (non-hydrogen) atoms. The fraction of sp³-hybridized carbons (Fsp3) is 0.0952. The molecule has 1 amide bonds. The highest BCUT2D eigenvalue weighted by atomic mass is 79.9. The first kappa shape index (κ1) is 21.4. The van der Waals surface area contributed by atoms with Crippen molar-refractivity contribution in [2.75, 3.05) is 16.2 Å². The number of nitrogens with zero attached hydrogens (tertiary/aromatic N) is 1. The van der Waals surface area contributed by atoms with Crippen molar-refractivity contribution < 1.29 is 13.2 Å². The van der Waals surface area contributed by atoms with Crippen LogP contribution >= 0.6 is 27.5 Å². The van der Waals surface area contributed by atoms with Gasteiger partial charge in [0.25, 0.3) is 10.0 Å². The van der Waals surface area contributed by atoms with Crippen molar-refractivity contribution in [1.29, 1.82) is 0 Å². The van der Waals surface area contributed by atoms with E-state index < -0.39 is 15.9 Å². The number of carbonyl (C=O) groups excluding carboxylic acids is 1. The van der Waals surface area contributed by atoms with Gasteiger partial charge in [-0.3, -0.25) is 9.10 Å². The van der Waals surface area contributed by atoms with Crippen LogP contribution in [0, 0.1) is 6.92 Å². The smallest absolute Gasteiger partial charge is 0.264 e. The number of halogens is 2. The van der Waals surface area contributed by atoms with Gasteiger partial charge in [0.05, 0.1) is 10.6 Å². The minimum atomic E-state index is -3.95. The molecule has 3 rings (SSSR count). The van der Waals surface area contributed by atoms with Gasteiger partial charge < -0.3 is 5.32 Å². The van der Waals surface area contributed by atoms with E-state index in [9.17, 15) is 13.2 Å². The second kappa shape index (κ2) is 8.98. The summed E-state index contributed by atoms with van der Waals surface area (Å²) in [6, 6.07) is 19.9. The van der Waals surface area contributed by atoms with Crippen molar-refractivity contribution in [1.82, 2.24) is 0 Å². The fourth-order valence-corrected chi connectivity index (χ4v) is 4.53. The number of nitrogens with one attached hydrogen (secondary N) is 1. The van der Waals surface area contributed by atoms with E-state index in [4.69, 9.17) is 11.6 Å². The van der Waals surface area contributed by atoms with Crippen LogP contribution in [0.5, 0.6) is 0 Å². The van der Waals surface area contributed by atoms with Gasteiger partial charge in [0.2, 0.25) is 5.91 Å². The molecule has 5 nitrogen and oxygen atoms in total. The Hall–Kier alpha value is -2.35. The molecular formula is C21H18BrClN2O3S. The van der Waals surface area contributed by atoms with Crippen molar-refractivity contribution in [2.24, 2.45) is 0 Å². The summed E-state index contributed by atoms with van der Waals surface area (Å²) >= 11 is 9.29. The van der Waals surface area contributed by atoms with Crippen molar-refractivity contribution >= 4 is 54.8 Å². The molecule has 0 bridgehead atoms. The molecular weight excluding hydrogens is 476 g/mol. The van der Waals surface area contributed by atoms with Crippen molar-refractivity contribution in [3.63, 3.8) is 0 Å². The third kappa shape index (κ3) is 5.38. The van der Waals surface area contributed by atoms with Crippen LogP contribution in [0.1, 0.15) is 5.56 Å². The van der Waals surface area contributed by atoms with Crippen LogP contribution in [0.15, 0.2) is 82.2 Å². The van der Waals surface area contributed by atoms with E-state index in [1.165, 1.54) is 12.1 Å². The Morgan fingerprint density at radius 1 is 1.03 bits per heavy atom. The Morgan fingerprint density at radius 2 is 1.69 bits per heavy atom. The molecule has 3 aromatic rings. The Labute approximate surface area is 183 Å². The number of rotatable bonds is 6. The first-order valence-electron chi connectivity index (χ1n) is 8.66. The van der Waals surface area contributed by atoms with Crippen LogP contribution in [0.4, 0.5) is 11.4 Å². The molecule has 3 aromatic carbocycles. The molecule has 8 heteroatoms. The van der Waals surface area contributed by atoms with Crippen LogP contribution in [0.2, 0.25) is 5.02 Å². The Morgan fingerprint density at radius 3 is 2.31 bits per heavy atom. The summed E-state index contributed by atoms with van der Waals surface area (Å²) in [5, 5.41) is 3.16. The normalized spacial score (nSPS) is 11.1. The van der Waals surface area contributed by atoms with E-state index in [2.05, 4.69) is 21.2 Å². The lowest BCUT2D eigenvalue weighted by molar-refractivity contribution is -0.114. The van der Waals surface area contributed by atoms with Crippen LogP contribution in [0.3, 0.4) is 0 Å². The monoisotopic (exact) mass is 492 g/mol. The lowest BCUT2D eigenvalue weighted by Gasteiger charge is -2.24. The molecule has 0 atom stereocenters. The number of benzene rings is 3. The van der Waals surface area contributed by atoms with Gasteiger partial charge in [0, 0.05) is 15.2 Å². The van der Waals surface area contributed by atoms with Gasteiger partial charge in [-0.25, -0.2) is 8.42 Å². The lowest BCUT2D eigenvalue weighted by Crippen LogP contribution is -2.38. The number of anilines is 2. The molecule has 0 aliphatic carbocycles. The van der Waals surface area contributed by atoms with Gasteiger partial charge >= 0.3 is 0 Å². The molecule has 0 spiro atoms. The van der Waals surface area contributed by atoms with E-state index in [0.717, 1.165) is 14.3 Å². The summed E-state index contributed by atoms with van der Waals surface area (Å²) in [6.07, 6.45) is 0. The van der Waals surface area contributed by atoms with Gasteiger partial charge in [-0.15, -0.1) is 0 Å². The minimum absolute atomic E-state index is 0.113. The van der Waals surface area contributed by atoms with Gasteiger partial charge in [-0.1, -0.05) is 51.3 Å². The van der Waals surface area contributed by atoms with Crippen molar-refractivity contribution in [2.45, 2.75) is 11.8 Å². The van der Waals surface area contributed by atoms with Crippen LogP contribution in [-0.4, -0.2) is 20.9 Å². The molecule has 0 fully saturated rings. The Bertz CT molecular complexity index is 1120. The maximum Gasteiger partial charge on any atom is 0.264 e. The molecule has 1 N–H and O–H groups in total. The predicted molar refractivity (Wildman–Crippen MR) is 120 cm³/mol. The van der Waals surface area contributed by atoms with Crippen LogP contribution < -0.4 is 9.62 Å². The summed E-state index contributed by atoms with van der Waals surface area (Å²) in [5.74, 6) is -0.481. The third-order valence-corrected chi connectivity index (χ3v) is 6.67. The number of carbonyl (C=O) groups is 1. The molecule has 0 aliphatic rings. The van der Waals surface area contributed by atoms with Gasteiger partial charge in [0.15, 0.2) is 0 Å². The maximum absolute atomic E-state index is 13.3. The van der Waals surface area contributed by atoms with Gasteiger partial charge in [-0.2, -0.15) is 0 Å². The molecule has 150 valence electrons. The topological polar surface area (TPSA) is 66.5 Å². The van der Waals surface area contributed by atoms with E-state index in [-0.39, 0.29) is 11.4 Å². The second-order valence-electron chi connectivity index (χ2n) is 6.36. The zero-order chi connectivity index (χ0) is 21.0. The Kier molecular flexibility index (Phi) is 6.62.